The molecule has 1 aromatic heterocycles. The van der Waals surface area contributed by atoms with Gasteiger partial charge in [0.05, 0.1) is 12.0 Å². The van der Waals surface area contributed by atoms with Crippen LogP contribution in [0.1, 0.15) is 17.7 Å². The van der Waals surface area contributed by atoms with Crippen LogP contribution in [-0.2, 0) is 11.2 Å². The molecule has 3 nitrogen and oxygen atoms in total. The third kappa shape index (κ3) is 2.38. The minimum Gasteiger partial charge on any atom is -0.395 e. The molecule has 82 valence electrons. The topological polar surface area (TPSA) is 49.3 Å². The molecule has 0 aromatic carbocycles. The van der Waals surface area contributed by atoms with Crippen LogP contribution in [0, 0.1) is 5.41 Å². The van der Waals surface area contributed by atoms with Gasteiger partial charge in [-0.1, -0.05) is 6.07 Å². The number of nitrogens with one attached hydrogen (secondary N) is 1. The Morgan fingerprint density at radius 3 is 2.93 bits per heavy atom. The van der Waals surface area contributed by atoms with Gasteiger partial charge in [-0.25, -0.2) is 0 Å². The first kappa shape index (κ1) is 10.6. The number of rotatable bonds is 5. The second-order valence-corrected chi connectivity index (χ2v) is 5.06. The van der Waals surface area contributed by atoms with Crippen LogP contribution in [0.25, 0.3) is 0 Å². The zero-order chi connectivity index (χ0) is 10.7. The predicted molar refractivity (Wildman–Crippen MR) is 59.8 cm³/mol. The average molecular weight is 225 g/mol. The van der Waals surface area contributed by atoms with E-state index >= 15 is 0 Å². The molecule has 0 saturated heterocycles. The molecule has 2 rings (SSSR count). The third-order valence-electron chi connectivity index (χ3n) is 2.87. The van der Waals surface area contributed by atoms with E-state index < -0.39 is 5.41 Å². The summed E-state index contributed by atoms with van der Waals surface area (Å²) >= 11 is 1.70. The van der Waals surface area contributed by atoms with Crippen molar-refractivity contribution in [3.63, 3.8) is 0 Å². The molecule has 0 aliphatic heterocycles. The first-order chi connectivity index (χ1) is 7.27. The summed E-state index contributed by atoms with van der Waals surface area (Å²) < 4.78 is 0. The van der Waals surface area contributed by atoms with E-state index in [9.17, 15) is 4.79 Å². The van der Waals surface area contributed by atoms with E-state index in [1.807, 2.05) is 11.4 Å². The molecule has 0 spiro atoms. The van der Waals surface area contributed by atoms with E-state index in [1.54, 1.807) is 11.3 Å². The van der Waals surface area contributed by atoms with Gasteiger partial charge in [-0.15, -0.1) is 11.3 Å². The molecule has 1 heterocycles. The fraction of sp³-hybridized carbons (Fsp3) is 0.545. The second-order valence-electron chi connectivity index (χ2n) is 4.02. The first-order valence-electron chi connectivity index (χ1n) is 5.18. The van der Waals surface area contributed by atoms with Crippen molar-refractivity contribution < 1.29 is 9.90 Å². The van der Waals surface area contributed by atoms with E-state index in [0.29, 0.717) is 6.54 Å². The average Bonchev–Trinajstić information content (AvgIpc) is 2.90. The number of hydrogen-bond donors (Lipinski definition) is 2. The molecule has 0 radical (unpaired) electrons. The molecule has 15 heavy (non-hydrogen) atoms. The van der Waals surface area contributed by atoms with Crippen molar-refractivity contribution in [1.82, 2.24) is 5.32 Å². The van der Waals surface area contributed by atoms with Crippen molar-refractivity contribution >= 4 is 17.2 Å². The van der Waals surface area contributed by atoms with Crippen molar-refractivity contribution in [2.24, 2.45) is 5.41 Å². The molecule has 4 heteroatoms. The van der Waals surface area contributed by atoms with Gasteiger partial charge in [-0.05, 0) is 30.7 Å². The molecule has 1 fully saturated rings. The van der Waals surface area contributed by atoms with Gasteiger partial charge in [0.25, 0.3) is 0 Å². The van der Waals surface area contributed by atoms with E-state index in [1.165, 1.54) is 4.88 Å². The third-order valence-corrected chi connectivity index (χ3v) is 3.81. The molecule has 1 amide bonds. The Labute approximate surface area is 93.1 Å². The lowest BCUT2D eigenvalue weighted by Gasteiger charge is -2.11. The number of carbonyl (C=O) groups is 1. The van der Waals surface area contributed by atoms with Crippen molar-refractivity contribution in [2.45, 2.75) is 19.3 Å². The lowest BCUT2D eigenvalue weighted by molar-refractivity contribution is -0.127. The number of carbonyl (C=O) groups excluding carboxylic acids is 1. The Morgan fingerprint density at radius 1 is 1.60 bits per heavy atom. The number of aliphatic hydroxyl groups is 1. The van der Waals surface area contributed by atoms with Crippen LogP contribution in [0.5, 0.6) is 0 Å². The number of amides is 1. The molecule has 1 aromatic rings. The van der Waals surface area contributed by atoms with Gasteiger partial charge in [-0.2, -0.15) is 0 Å². The highest BCUT2D eigenvalue weighted by atomic mass is 32.1. The standard InChI is InChI=1S/C11H15NO2S/c13-8-11(4-5-11)10(14)12-6-3-9-2-1-7-15-9/h1-2,7,13H,3-6,8H2,(H,12,14). The van der Waals surface area contributed by atoms with E-state index in [2.05, 4.69) is 11.4 Å². The monoisotopic (exact) mass is 225 g/mol. The summed E-state index contributed by atoms with van der Waals surface area (Å²) in [5, 5.41) is 14.0. The molecule has 1 saturated carbocycles. The fourth-order valence-corrected chi connectivity index (χ4v) is 2.26. The maximum Gasteiger partial charge on any atom is 0.228 e. The summed E-state index contributed by atoms with van der Waals surface area (Å²) in [6.45, 7) is 0.652. The lowest BCUT2D eigenvalue weighted by Crippen LogP contribution is -2.35. The van der Waals surface area contributed by atoms with E-state index in [-0.39, 0.29) is 12.5 Å². The quantitative estimate of drug-likeness (QED) is 0.790. The smallest absolute Gasteiger partial charge is 0.228 e. The highest BCUT2D eigenvalue weighted by molar-refractivity contribution is 7.09. The van der Waals surface area contributed by atoms with E-state index in [0.717, 1.165) is 19.3 Å². The molecular weight excluding hydrogens is 210 g/mol. The Kier molecular flexibility index (Phi) is 3.07. The lowest BCUT2D eigenvalue weighted by atomic mass is 10.1. The van der Waals surface area contributed by atoms with Gasteiger partial charge >= 0.3 is 0 Å². The van der Waals surface area contributed by atoms with Crippen molar-refractivity contribution in [1.29, 1.82) is 0 Å². The van der Waals surface area contributed by atoms with Gasteiger partial charge in [-0.3, -0.25) is 4.79 Å². The fourth-order valence-electron chi connectivity index (χ4n) is 1.55. The van der Waals surface area contributed by atoms with E-state index in [4.69, 9.17) is 5.11 Å². The van der Waals surface area contributed by atoms with Crippen LogP contribution in [0.3, 0.4) is 0 Å². The molecule has 0 bridgehead atoms. The van der Waals surface area contributed by atoms with Crippen molar-refractivity contribution in [2.75, 3.05) is 13.2 Å². The van der Waals surface area contributed by atoms with Crippen molar-refractivity contribution in [3.8, 4) is 0 Å². The highest BCUT2D eigenvalue weighted by Gasteiger charge is 2.49. The van der Waals surface area contributed by atoms with Gasteiger partial charge in [0, 0.05) is 11.4 Å². The Balaban J connectivity index is 1.72. The number of aliphatic hydroxyl groups excluding tert-OH is 1. The summed E-state index contributed by atoms with van der Waals surface area (Å²) in [5.41, 5.74) is -0.435. The zero-order valence-corrected chi connectivity index (χ0v) is 9.35. The van der Waals surface area contributed by atoms with Crippen LogP contribution in [0.15, 0.2) is 17.5 Å². The summed E-state index contributed by atoms with van der Waals surface area (Å²) in [6, 6.07) is 4.08. The Morgan fingerprint density at radius 2 is 2.40 bits per heavy atom. The minimum absolute atomic E-state index is 0.0153. The van der Waals surface area contributed by atoms with Gasteiger partial charge < -0.3 is 10.4 Å². The summed E-state index contributed by atoms with van der Waals surface area (Å²) in [6.07, 6.45) is 2.54. The van der Waals surface area contributed by atoms with Gasteiger partial charge in [0.1, 0.15) is 0 Å². The molecule has 2 N–H and O–H groups in total. The molecular formula is C11H15NO2S. The molecule has 0 unspecified atom stereocenters. The van der Waals surface area contributed by atoms with Crippen LogP contribution in [0.2, 0.25) is 0 Å². The predicted octanol–water partition coefficient (Wildman–Crippen LogP) is 1.18. The first-order valence-corrected chi connectivity index (χ1v) is 6.06. The van der Waals surface area contributed by atoms with Crippen LogP contribution in [-0.4, -0.2) is 24.2 Å². The van der Waals surface area contributed by atoms with Gasteiger partial charge in [0.2, 0.25) is 5.91 Å². The zero-order valence-electron chi connectivity index (χ0n) is 8.53. The maximum absolute atomic E-state index is 11.6. The SMILES string of the molecule is O=C(NCCc1cccs1)C1(CO)CC1. The minimum atomic E-state index is -0.435. The van der Waals surface area contributed by atoms with Crippen LogP contribution < -0.4 is 5.32 Å². The maximum atomic E-state index is 11.6. The number of hydrogen-bond acceptors (Lipinski definition) is 3. The summed E-state index contributed by atoms with van der Waals surface area (Å²) in [7, 11) is 0. The Bertz CT molecular complexity index is 330. The van der Waals surface area contributed by atoms with Crippen molar-refractivity contribution in [3.05, 3.63) is 22.4 Å². The Hall–Kier alpha value is -0.870. The second kappa shape index (κ2) is 4.33. The normalized spacial score (nSPS) is 17.4. The summed E-state index contributed by atoms with van der Waals surface area (Å²) in [5.74, 6) is 0.0153. The van der Waals surface area contributed by atoms with Crippen LogP contribution in [0.4, 0.5) is 0 Å². The molecule has 1 aliphatic carbocycles. The molecule has 0 atom stereocenters. The molecule has 1 aliphatic rings. The highest BCUT2D eigenvalue weighted by Crippen LogP contribution is 2.45. The van der Waals surface area contributed by atoms with Crippen LogP contribution >= 0.6 is 11.3 Å². The summed E-state index contributed by atoms with van der Waals surface area (Å²) in [4.78, 5) is 12.9. The number of thiophene rings is 1. The largest absolute Gasteiger partial charge is 0.395 e. The van der Waals surface area contributed by atoms with Gasteiger partial charge in [0.15, 0.2) is 0 Å².